The van der Waals surface area contributed by atoms with Gasteiger partial charge in [0.2, 0.25) is 5.91 Å². The Morgan fingerprint density at radius 3 is 2.58 bits per heavy atom. The average Bonchev–Trinajstić information content (AvgIpc) is 2.94. The number of carbonyl (C=O) groups is 1. The van der Waals surface area contributed by atoms with Gasteiger partial charge in [0.05, 0.1) is 5.52 Å². The van der Waals surface area contributed by atoms with E-state index in [0.717, 1.165) is 30.0 Å². The molecule has 3 aromatic rings. The molecule has 1 heterocycles. The molecule has 0 aliphatic carbocycles. The molecule has 0 saturated carbocycles. The third-order valence-electron chi connectivity index (χ3n) is 4.49. The van der Waals surface area contributed by atoms with Crippen LogP contribution in [-0.4, -0.2) is 23.6 Å². The number of rotatable bonds is 6. The molecule has 0 spiro atoms. The van der Waals surface area contributed by atoms with Gasteiger partial charge in [0.15, 0.2) is 5.58 Å². The van der Waals surface area contributed by atoms with Crippen molar-refractivity contribution in [3.05, 3.63) is 58.6 Å². The largest absolute Gasteiger partial charge is 0.420 e. The molecule has 1 aromatic heterocycles. The number of nitrogens with zero attached hydrogens (tertiary/aromatic N) is 2. The first-order chi connectivity index (χ1) is 12.5. The molecule has 1 N–H and O–H groups in total. The maximum absolute atomic E-state index is 12.4. The number of benzene rings is 2. The van der Waals surface area contributed by atoms with Crippen molar-refractivity contribution in [1.82, 2.24) is 4.57 Å². The lowest BCUT2D eigenvalue weighted by Crippen LogP contribution is -2.25. The van der Waals surface area contributed by atoms with Gasteiger partial charge in [-0.2, -0.15) is 0 Å². The maximum Gasteiger partial charge on any atom is 0.420 e. The number of amides is 1. The predicted octanol–water partition coefficient (Wildman–Crippen LogP) is 3.39. The maximum atomic E-state index is 12.4. The standard InChI is InChI=1S/C20H23N3O3/c1-4-22(5-2)15-10-11-16(14(3)12-15)21-19(24)13-23-17-8-6-7-9-18(17)26-20(23)25/h6-12H,4-5,13H2,1-3H3,(H,21,24). The summed E-state index contributed by atoms with van der Waals surface area (Å²) in [6, 6.07) is 13.0. The molecule has 0 unspecified atom stereocenters. The zero-order valence-electron chi connectivity index (χ0n) is 15.3. The van der Waals surface area contributed by atoms with E-state index in [4.69, 9.17) is 4.42 Å². The third-order valence-corrected chi connectivity index (χ3v) is 4.49. The molecule has 6 nitrogen and oxygen atoms in total. The second-order valence-corrected chi connectivity index (χ2v) is 6.14. The van der Waals surface area contributed by atoms with E-state index in [2.05, 4.69) is 30.1 Å². The summed E-state index contributed by atoms with van der Waals surface area (Å²) >= 11 is 0. The minimum absolute atomic E-state index is 0.0902. The van der Waals surface area contributed by atoms with Gasteiger partial charge >= 0.3 is 5.76 Å². The fourth-order valence-corrected chi connectivity index (χ4v) is 3.07. The Bertz CT molecular complexity index is 983. The monoisotopic (exact) mass is 353 g/mol. The van der Waals surface area contributed by atoms with Crippen LogP contribution in [0, 0.1) is 6.92 Å². The highest BCUT2D eigenvalue weighted by Crippen LogP contribution is 2.23. The number of fused-ring (bicyclic) bond motifs is 1. The first-order valence-electron chi connectivity index (χ1n) is 8.77. The van der Waals surface area contributed by atoms with Crippen molar-refractivity contribution in [1.29, 1.82) is 0 Å². The van der Waals surface area contributed by atoms with Crippen LogP contribution < -0.4 is 16.0 Å². The molecule has 0 aliphatic rings. The first-order valence-corrected chi connectivity index (χ1v) is 8.77. The minimum atomic E-state index is -0.532. The van der Waals surface area contributed by atoms with Crippen LogP contribution in [0.3, 0.4) is 0 Å². The van der Waals surface area contributed by atoms with Crippen LogP contribution in [0.2, 0.25) is 0 Å². The Kier molecular flexibility index (Phi) is 5.11. The van der Waals surface area contributed by atoms with Crippen molar-refractivity contribution in [3.8, 4) is 0 Å². The van der Waals surface area contributed by atoms with Crippen molar-refractivity contribution in [2.75, 3.05) is 23.3 Å². The van der Waals surface area contributed by atoms with E-state index >= 15 is 0 Å². The molecular formula is C20H23N3O3. The zero-order chi connectivity index (χ0) is 18.7. The Balaban J connectivity index is 1.78. The van der Waals surface area contributed by atoms with Gasteiger partial charge in [-0.1, -0.05) is 12.1 Å². The topological polar surface area (TPSA) is 67.5 Å². The number of oxazole rings is 1. The number of anilines is 2. The summed E-state index contributed by atoms with van der Waals surface area (Å²) in [4.78, 5) is 26.7. The van der Waals surface area contributed by atoms with Crippen LogP contribution in [0.1, 0.15) is 19.4 Å². The van der Waals surface area contributed by atoms with Crippen LogP contribution in [0.5, 0.6) is 0 Å². The van der Waals surface area contributed by atoms with Crippen molar-refractivity contribution in [2.24, 2.45) is 0 Å². The van der Waals surface area contributed by atoms with Crippen molar-refractivity contribution in [2.45, 2.75) is 27.3 Å². The van der Waals surface area contributed by atoms with Gasteiger partial charge in [-0.15, -0.1) is 0 Å². The van der Waals surface area contributed by atoms with E-state index < -0.39 is 5.76 Å². The quantitative estimate of drug-likeness (QED) is 0.738. The van der Waals surface area contributed by atoms with E-state index in [1.54, 1.807) is 18.2 Å². The SMILES string of the molecule is CCN(CC)c1ccc(NC(=O)Cn2c(=O)oc3ccccc32)c(C)c1. The van der Waals surface area contributed by atoms with E-state index in [1.165, 1.54) is 4.57 Å². The Morgan fingerprint density at radius 1 is 1.15 bits per heavy atom. The Labute approximate surface area is 152 Å². The molecule has 0 radical (unpaired) electrons. The van der Waals surface area contributed by atoms with E-state index in [9.17, 15) is 9.59 Å². The molecule has 0 bridgehead atoms. The average molecular weight is 353 g/mol. The lowest BCUT2D eigenvalue weighted by atomic mass is 10.1. The van der Waals surface area contributed by atoms with Gasteiger partial charge in [0, 0.05) is 24.5 Å². The molecule has 0 atom stereocenters. The van der Waals surface area contributed by atoms with Gasteiger partial charge < -0.3 is 14.6 Å². The molecule has 136 valence electrons. The first kappa shape index (κ1) is 17.8. The molecule has 1 amide bonds. The Morgan fingerprint density at radius 2 is 1.88 bits per heavy atom. The zero-order valence-corrected chi connectivity index (χ0v) is 15.3. The molecule has 6 heteroatoms. The van der Waals surface area contributed by atoms with Crippen molar-refractivity contribution in [3.63, 3.8) is 0 Å². The smallest absolute Gasteiger partial charge is 0.408 e. The predicted molar refractivity (Wildman–Crippen MR) is 104 cm³/mol. The summed E-state index contributed by atoms with van der Waals surface area (Å²) in [5.41, 5.74) is 3.94. The number of para-hydroxylation sites is 2. The Hall–Kier alpha value is -3.02. The fourth-order valence-electron chi connectivity index (χ4n) is 3.07. The lowest BCUT2D eigenvalue weighted by molar-refractivity contribution is -0.116. The highest BCUT2D eigenvalue weighted by atomic mass is 16.4. The summed E-state index contributed by atoms with van der Waals surface area (Å²) < 4.78 is 6.50. The van der Waals surface area contributed by atoms with Crippen LogP contribution >= 0.6 is 0 Å². The number of hydrogen-bond donors (Lipinski definition) is 1. The fraction of sp³-hybridized carbons (Fsp3) is 0.300. The second kappa shape index (κ2) is 7.47. The number of carbonyl (C=O) groups excluding carboxylic acids is 1. The normalized spacial score (nSPS) is 10.9. The molecule has 26 heavy (non-hydrogen) atoms. The highest BCUT2D eigenvalue weighted by molar-refractivity contribution is 5.92. The summed E-state index contributed by atoms with van der Waals surface area (Å²) in [6.45, 7) is 7.95. The second-order valence-electron chi connectivity index (χ2n) is 6.14. The molecule has 3 rings (SSSR count). The number of aryl methyl sites for hydroxylation is 1. The van der Waals surface area contributed by atoms with Gasteiger partial charge in [-0.3, -0.25) is 9.36 Å². The molecule has 2 aromatic carbocycles. The van der Waals surface area contributed by atoms with Crippen LogP contribution in [0.4, 0.5) is 11.4 Å². The summed E-state index contributed by atoms with van der Waals surface area (Å²) in [6.07, 6.45) is 0. The summed E-state index contributed by atoms with van der Waals surface area (Å²) in [5, 5.41) is 2.88. The minimum Gasteiger partial charge on any atom is -0.408 e. The van der Waals surface area contributed by atoms with E-state index in [-0.39, 0.29) is 12.5 Å². The van der Waals surface area contributed by atoms with E-state index in [1.807, 2.05) is 25.1 Å². The summed E-state index contributed by atoms with van der Waals surface area (Å²) in [7, 11) is 0. The van der Waals surface area contributed by atoms with Crippen LogP contribution in [0.25, 0.3) is 11.1 Å². The molecule has 0 fully saturated rings. The van der Waals surface area contributed by atoms with Crippen molar-refractivity contribution < 1.29 is 9.21 Å². The molecule has 0 aliphatic heterocycles. The summed E-state index contributed by atoms with van der Waals surface area (Å²) in [5.74, 6) is -0.799. The molecular weight excluding hydrogens is 330 g/mol. The van der Waals surface area contributed by atoms with Crippen LogP contribution in [-0.2, 0) is 11.3 Å². The molecule has 0 saturated heterocycles. The number of nitrogens with one attached hydrogen (secondary N) is 1. The number of aromatic nitrogens is 1. The van der Waals surface area contributed by atoms with Gasteiger partial charge in [-0.05, 0) is 56.7 Å². The lowest BCUT2D eigenvalue weighted by Gasteiger charge is -2.22. The highest BCUT2D eigenvalue weighted by Gasteiger charge is 2.13. The number of hydrogen-bond acceptors (Lipinski definition) is 4. The van der Waals surface area contributed by atoms with Crippen molar-refractivity contribution >= 4 is 28.4 Å². The van der Waals surface area contributed by atoms with Gasteiger partial charge in [-0.25, -0.2) is 4.79 Å². The van der Waals surface area contributed by atoms with Crippen LogP contribution in [0.15, 0.2) is 51.7 Å². The van der Waals surface area contributed by atoms with Gasteiger partial charge in [0.1, 0.15) is 6.54 Å². The van der Waals surface area contributed by atoms with E-state index in [0.29, 0.717) is 11.1 Å². The van der Waals surface area contributed by atoms with Gasteiger partial charge in [0.25, 0.3) is 0 Å². The third kappa shape index (κ3) is 3.49.